The van der Waals surface area contributed by atoms with Gasteiger partial charge in [0.15, 0.2) is 0 Å². The van der Waals surface area contributed by atoms with Crippen molar-refractivity contribution in [1.82, 2.24) is 9.78 Å². The molecule has 0 aliphatic carbocycles. The number of nitrogens with zero attached hydrogens (tertiary/aromatic N) is 2. The minimum Gasteiger partial charge on any atom is -0.480 e. The standard InChI is InChI=1S/C6H9N3O2.ClH/c1-9-3-4(2-8-9)5(7)6(10)11;/h2-3,5H,7H2,1H3,(H,10,11);1H. The van der Waals surface area contributed by atoms with Crippen LogP contribution in [0.2, 0.25) is 0 Å². The monoisotopic (exact) mass is 191 g/mol. The number of hydrogen-bond acceptors (Lipinski definition) is 3. The summed E-state index contributed by atoms with van der Waals surface area (Å²) in [6, 6.07) is -0.969. The maximum atomic E-state index is 10.3. The van der Waals surface area contributed by atoms with Crippen LogP contribution in [0.25, 0.3) is 0 Å². The smallest absolute Gasteiger partial charge is 0.325 e. The van der Waals surface area contributed by atoms with Gasteiger partial charge < -0.3 is 10.8 Å². The molecule has 0 spiro atoms. The summed E-state index contributed by atoms with van der Waals surface area (Å²) < 4.78 is 1.51. The first kappa shape index (κ1) is 10.9. The molecule has 0 saturated carbocycles. The van der Waals surface area contributed by atoms with Crippen molar-refractivity contribution < 1.29 is 9.90 Å². The third-order valence-corrected chi connectivity index (χ3v) is 1.35. The van der Waals surface area contributed by atoms with E-state index in [9.17, 15) is 4.79 Å². The summed E-state index contributed by atoms with van der Waals surface area (Å²) in [7, 11) is 1.71. The van der Waals surface area contributed by atoms with Gasteiger partial charge in [0.05, 0.1) is 6.20 Å². The average molecular weight is 192 g/mol. The van der Waals surface area contributed by atoms with E-state index in [0.717, 1.165) is 0 Å². The number of halogens is 1. The number of hydrogen-bond donors (Lipinski definition) is 2. The number of nitrogens with two attached hydrogens (primary N) is 1. The lowest BCUT2D eigenvalue weighted by Crippen LogP contribution is -2.19. The SMILES string of the molecule is Cl.Cn1cc(C(N)C(=O)O)cn1. The molecule has 68 valence electrons. The van der Waals surface area contributed by atoms with Crippen molar-refractivity contribution in [2.45, 2.75) is 6.04 Å². The molecule has 3 N–H and O–H groups in total. The van der Waals surface area contributed by atoms with Gasteiger partial charge in [-0.1, -0.05) is 0 Å². The lowest BCUT2D eigenvalue weighted by atomic mass is 10.2. The van der Waals surface area contributed by atoms with Gasteiger partial charge >= 0.3 is 5.97 Å². The van der Waals surface area contributed by atoms with E-state index < -0.39 is 12.0 Å². The Labute approximate surface area is 75.6 Å². The van der Waals surface area contributed by atoms with E-state index >= 15 is 0 Å². The number of aliphatic carboxylic acids is 1. The highest BCUT2D eigenvalue weighted by atomic mass is 35.5. The number of rotatable bonds is 2. The van der Waals surface area contributed by atoms with Gasteiger partial charge in [0.1, 0.15) is 6.04 Å². The fraction of sp³-hybridized carbons (Fsp3) is 0.333. The Morgan fingerprint density at radius 1 is 1.83 bits per heavy atom. The lowest BCUT2D eigenvalue weighted by Gasteiger charge is -2.00. The quantitative estimate of drug-likeness (QED) is 0.686. The molecule has 0 saturated heterocycles. The summed E-state index contributed by atoms with van der Waals surface area (Å²) in [4.78, 5) is 10.3. The lowest BCUT2D eigenvalue weighted by molar-refractivity contribution is -0.138. The van der Waals surface area contributed by atoms with Crippen LogP contribution < -0.4 is 5.73 Å². The van der Waals surface area contributed by atoms with Crippen LogP contribution >= 0.6 is 12.4 Å². The highest BCUT2D eigenvalue weighted by Crippen LogP contribution is 2.07. The zero-order valence-corrected chi connectivity index (χ0v) is 7.28. The van der Waals surface area contributed by atoms with E-state index in [1.807, 2.05) is 0 Å². The molecule has 1 heterocycles. The predicted molar refractivity (Wildman–Crippen MR) is 45.0 cm³/mol. The molecular formula is C6H10ClN3O2. The van der Waals surface area contributed by atoms with Gasteiger partial charge in [-0.15, -0.1) is 12.4 Å². The Hall–Kier alpha value is -1.07. The zero-order chi connectivity index (χ0) is 8.43. The van der Waals surface area contributed by atoms with E-state index in [-0.39, 0.29) is 12.4 Å². The minimum atomic E-state index is -1.04. The molecule has 0 aliphatic rings. The molecule has 1 atom stereocenters. The van der Waals surface area contributed by atoms with Crippen LogP contribution in [-0.2, 0) is 11.8 Å². The van der Waals surface area contributed by atoms with Gasteiger partial charge in [0.2, 0.25) is 0 Å². The summed E-state index contributed by atoms with van der Waals surface area (Å²) in [6.45, 7) is 0. The summed E-state index contributed by atoms with van der Waals surface area (Å²) >= 11 is 0. The van der Waals surface area contributed by atoms with Crippen LogP contribution in [0.4, 0.5) is 0 Å². The van der Waals surface area contributed by atoms with Crippen molar-refractivity contribution in [2.75, 3.05) is 0 Å². The predicted octanol–water partition coefficient (Wildman–Crippen LogP) is -0.0737. The number of carbonyl (C=O) groups is 1. The van der Waals surface area contributed by atoms with Crippen molar-refractivity contribution in [3.63, 3.8) is 0 Å². The summed E-state index contributed by atoms with van der Waals surface area (Å²) in [6.07, 6.45) is 3.03. The fourth-order valence-corrected chi connectivity index (χ4v) is 0.743. The molecule has 0 aromatic carbocycles. The van der Waals surface area contributed by atoms with Crippen molar-refractivity contribution >= 4 is 18.4 Å². The Kier molecular flexibility index (Phi) is 3.72. The molecule has 6 heteroatoms. The molecule has 0 bridgehead atoms. The van der Waals surface area contributed by atoms with E-state index in [0.29, 0.717) is 5.56 Å². The van der Waals surface area contributed by atoms with Gasteiger partial charge in [0, 0.05) is 18.8 Å². The number of aromatic nitrogens is 2. The molecule has 0 fully saturated rings. The molecular weight excluding hydrogens is 182 g/mol. The van der Waals surface area contributed by atoms with Crippen LogP contribution in [0.1, 0.15) is 11.6 Å². The van der Waals surface area contributed by atoms with Crippen molar-refractivity contribution in [3.05, 3.63) is 18.0 Å². The van der Waals surface area contributed by atoms with Crippen molar-refractivity contribution in [3.8, 4) is 0 Å². The molecule has 1 aromatic heterocycles. The van der Waals surface area contributed by atoms with E-state index in [1.54, 1.807) is 13.2 Å². The van der Waals surface area contributed by atoms with E-state index in [4.69, 9.17) is 10.8 Å². The molecule has 0 radical (unpaired) electrons. The highest BCUT2D eigenvalue weighted by molar-refractivity contribution is 5.85. The Morgan fingerprint density at radius 2 is 2.42 bits per heavy atom. The number of carboxylic acid groups (broad SMARTS) is 1. The van der Waals surface area contributed by atoms with Gasteiger partial charge in [-0.3, -0.25) is 9.48 Å². The van der Waals surface area contributed by atoms with Gasteiger partial charge in [0.25, 0.3) is 0 Å². The number of aryl methyl sites for hydroxylation is 1. The summed E-state index contributed by atoms with van der Waals surface area (Å²) in [5.41, 5.74) is 5.81. The number of carboxylic acids is 1. The first-order valence-corrected chi connectivity index (χ1v) is 3.08. The Bertz CT molecular complexity index is 274. The fourth-order valence-electron chi connectivity index (χ4n) is 0.743. The molecule has 1 unspecified atom stereocenters. The summed E-state index contributed by atoms with van der Waals surface area (Å²) in [5, 5.41) is 12.3. The van der Waals surface area contributed by atoms with Crippen LogP contribution in [0.15, 0.2) is 12.4 Å². The van der Waals surface area contributed by atoms with Crippen LogP contribution in [0.3, 0.4) is 0 Å². The van der Waals surface area contributed by atoms with E-state index in [1.165, 1.54) is 10.9 Å². The Morgan fingerprint density at radius 3 is 2.75 bits per heavy atom. The van der Waals surface area contributed by atoms with Crippen LogP contribution in [0.5, 0.6) is 0 Å². The van der Waals surface area contributed by atoms with Crippen LogP contribution in [0, 0.1) is 0 Å². The highest BCUT2D eigenvalue weighted by Gasteiger charge is 2.14. The van der Waals surface area contributed by atoms with Gasteiger partial charge in [-0.25, -0.2) is 0 Å². The second-order valence-electron chi connectivity index (χ2n) is 2.26. The topological polar surface area (TPSA) is 81.1 Å². The second kappa shape index (κ2) is 4.08. The Balaban J connectivity index is 0.00000121. The first-order chi connectivity index (χ1) is 5.11. The molecule has 0 aliphatic heterocycles. The maximum Gasteiger partial charge on any atom is 0.325 e. The third kappa shape index (κ3) is 2.21. The largest absolute Gasteiger partial charge is 0.480 e. The molecule has 0 amide bonds. The molecule has 12 heavy (non-hydrogen) atoms. The molecule has 1 aromatic rings. The van der Waals surface area contributed by atoms with E-state index in [2.05, 4.69) is 5.10 Å². The summed E-state index contributed by atoms with van der Waals surface area (Å²) in [5.74, 6) is -1.04. The third-order valence-electron chi connectivity index (χ3n) is 1.35. The van der Waals surface area contributed by atoms with Gasteiger partial charge in [-0.05, 0) is 0 Å². The van der Waals surface area contributed by atoms with Crippen molar-refractivity contribution in [1.29, 1.82) is 0 Å². The van der Waals surface area contributed by atoms with Crippen LogP contribution in [-0.4, -0.2) is 20.9 Å². The second-order valence-corrected chi connectivity index (χ2v) is 2.26. The maximum absolute atomic E-state index is 10.3. The molecule has 5 nitrogen and oxygen atoms in total. The van der Waals surface area contributed by atoms with Gasteiger partial charge in [-0.2, -0.15) is 5.10 Å². The molecule has 1 rings (SSSR count). The zero-order valence-electron chi connectivity index (χ0n) is 6.47. The normalized spacial score (nSPS) is 11.8. The first-order valence-electron chi connectivity index (χ1n) is 3.08. The minimum absolute atomic E-state index is 0. The van der Waals surface area contributed by atoms with Crippen molar-refractivity contribution in [2.24, 2.45) is 12.8 Å². The average Bonchev–Trinajstić information content (AvgIpc) is 2.34.